The lowest BCUT2D eigenvalue weighted by atomic mass is 9.97. The number of rotatable bonds is 5. The van der Waals surface area contributed by atoms with Crippen LogP contribution in [0, 0.1) is 5.92 Å². The van der Waals surface area contributed by atoms with E-state index >= 15 is 0 Å². The van der Waals surface area contributed by atoms with Gasteiger partial charge in [0, 0.05) is 0 Å². The van der Waals surface area contributed by atoms with E-state index in [1.807, 2.05) is 0 Å². The van der Waals surface area contributed by atoms with Crippen molar-refractivity contribution in [2.45, 2.75) is 49.7 Å². The molecule has 0 nitrogen and oxygen atoms in total. The molecule has 0 aliphatic heterocycles. The average molecular weight is 232 g/mol. The first-order chi connectivity index (χ1) is 5.49. The molecular weight excluding hydrogens is 214 g/mol. The normalized spacial score (nSPS) is 14.8. The Hall–Kier alpha value is 0.870. The molecule has 0 fully saturated rings. The third kappa shape index (κ3) is 7.52. The summed E-state index contributed by atoms with van der Waals surface area (Å²) in [4.78, 5) is 0. The lowest BCUT2D eigenvalue weighted by molar-refractivity contribution is 0.426. The van der Waals surface area contributed by atoms with Gasteiger partial charge in [0.15, 0.2) is 3.79 Å². The summed E-state index contributed by atoms with van der Waals surface area (Å²) in [7, 11) is 0. The molecule has 74 valence electrons. The first kappa shape index (κ1) is 12.9. The molecule has 0 spiro atoms. The standard InChI is InChI=1S/C9H17Cl3/c1-3-5-6-8(4-2)7-9(10,11)12/h8H,3-7H2,1-2H3. The zero-order chi connectivity index (χ0) is 9.61. The summed E-state index contributed by atoms with van der Waals surface area (Å²) in [6, 6.07) is 0. The van der Waals surface area contributed by atoms with Gasteiger partial charge < -0.3 is 0 Å². The maximum absolute atomic E-state index is 5.72. The fraction of sp³-hybridized carbons (Fsp3) is 1.00. The zero-order valence-electron chi connectivity index (χ0n) is 7.75. The van der Waals surface area contributed by atoms with Crippen molar-refractivity contribution in [1.82, 2.24) is 0 Å². The smallest absolute Gasteiger partial charge is 0.0837 e. The van der Waals surface area contributed by atoms with E-state index in [1.54, 1.807) is 0 Å². The molecule has 12 heavy (non-hydrogen) atoms. The van der Waals surface area contributed by atoms with Gasteiger partial charge >= 0.3 is 0 Å². The van der Waals surface area contributed by atoms with Gasteiger partial charge in [0.25, 0.3) is 0 Å². The van der Waals surface area contributed by atoms with Crippen LogP contribution in [-0.2, 0) is 0 Å². The molecule has 0 heterocycles. The molecule has 0 saturated carbocycles. The van der Waals surface area contributed by atoms with Gasteiger partial charge in [-0.2, -0.15) is 0 Å². The highest BCUT2D eigenvalue weighted by molar-refractivity contribution is 6.67. The summed E-state index contributed by atoms with van der Waals surface area (Å²) in [6.45, 7) is 4.33. The third-order valence-corrected chi connectivity index (χ3v) is 2.53. The van der Waals surface area contributed by atoms with E-state index in [2.05, 4.69) is 13.8 Å². The van der Waals surface area contributed by atoms with Crippen LogP contribution in [0.15, 0.2) is 0 Å². The number of hydrogen-bond donors (Lipinski definition) is 0. The van der Waals surface area contributed by atoms with Crippen molar-refractivity contribution < 1.29 is 0 Å². The molecule has 0 aliphatic rings. The highest BCUT2D eigenvalue weighted by Gasteiger charge is 2.23. The van der Waals surface area contributed by atoms with Crippen LogP contribution >= 0.6 is 34.8 Å². The van der Waals surface area contributed by atoms with E-state index in [0.717, 1.165) is 6.42 Å². The summed E-state index contributed by atoms with van der Waals surface area (Å²) in [5.41, 5.74) is 0. The van der Waals surface area contributed by atoms with E-state index in [0.29, 0.717) is 12.3 Å². The molecular formula is C9H17Cl3. The Kier molecular flexibility index (Phi) is 6.80. The topological polar surface area (TPSA) is 0 Å². The number of unbranched alkanes of at least 4 members (excludes halogenated alkanes) is 1. The Morgan fingerprint density at radius 2 is 1.75 bits per heavy atom. The maximum atomic E-state index is 5.72. The minimum absolute atomic E-state index is 0.567. The Balaban J connectivity index is 3.67. The van der Waals surface area contributed by atoms with Gasteiger partial charge in [0.05, 0.1) is 0 Å². The Bertz CT molecular complexity index is 107. The molecule has 0 aliphatic carbocycles. The van der Waals surface area contributed by atoms with Gasteiger partial charge in [0.2, 0.25) is 0 Å². The van der Waals surface area contributed by atoms with Crippen molar-refractivity contribution in [3.05, 3.63) is 0 Å². The van der Waals surface area contributed by atoms with Gasteiger partial charge in [-0.1, -0.05) is 74.3 Å². The Morgan fingerprint density at radius 3 is 2.08 bits per heavy atom. The highest BCUT2D eigenvalue weighted by Crippen LogP contribution is 2.36. The summed E-state index contributed by atoms with van der Waals surface area (Å²) in [5, 5.41) is 0. The molecule has 0 aromatic rings. The van der Waals surface area contributed by atoms with Gasteiger partial charge in [-0.15, -0.1) is 0 Å². The van der Waals surface area contributed by atoms with Crippen molar-refractivity contribution in [2.24, 2.45) is 5.92 Å². The maximum Gasteiger partial charge on any atom is 0.190 e. The Labute approximate surface area is 90.6 Å². The minimum atomic E-state index is -1.06. The number of halogens is 3. The fourth-order valence-corrected chi connectivity index (χ4v) is 1.93. The molecule has 3 heteroatoms. The van der Waals surface area contributed by atoms with Crippen molar-refractivity contribution >= 4 is 34.8 Å². The third-order valence-electron chi connectivity index (χ3n) is 2.06. The molecule has 0 N–H and O–H groups in total. The zero-order valence-corrected chi connectivity index (χ0v) is 10.0. The van der Waals surface area contributed by atoms with Crippen LogP contribution < -0.4 is 0 Å². The van der Waals surface area contributed by atoms with Crippen LogP contribution in [0.4, 0.5) is 0 Å². The van der Waals surface area contributed by atoms with Crippen LogP contribution in [0.3, 0.4) is 0 Å². The fourth-order valence-electron chi connectivity index (χ4n) is 1.27. The second-order valence-corrected chi connectivity index (χ2v) is 5.75. The summed E-state index contributed by atoms with van der Waals surface area (Å²) < 4.78 is -1.06. The van der Waals surface area contributed by atoms with Crippen LogP contribution in [-0.4, -0.2) is 3.79 Å². The van der Waals surface area contributed by atoms with E-state index in [9.17, 15) is 0 Å². The first-order valence-electron chi connectivity index (χ1n) is 4.56. The van der Waals surface area contributed by atoms with E-state index in [4.69, 9.17) is 34.8 Å². The van der Waals surface area contributed by atoms with Crippen LogP contribution in [0.1, 0.15) is 46.0 Å². The van der Waals surface area contributed by atoms with Crippen LogP contribution in [0.2, 0.25) is 0 Å². The van der Waals surface area contributed by atoms with Crippen molar-refractivity contribution in [2.75, 3.05) is 0 Å². The number of hydrogen-bond acceptors (Lipinski definition) is 0. The lowest BCUT2D eigenvalue weighted by Gasteiger charge is -2.19. The first-order valence-corrected chi connectivity index (χ1v) is 5.69. The lowest BCUT2D eigenvalue weighted by Crippen LogP contribution is -2.11. The van der Waals surface area contributed by atoms with Crippen molar-refractivity contribution in [3.63, 3.8) is 0 Å². The van der Waals surface area contributed by atoms with Gasteiger partial charge in [-0.3, -0.25) is 0 Å². The van der Waals surface area contributed by atoms with Crippen LogP contribution in [0.25, 0.3) is 0 Å². The van der Waals surface area contributed by atoms with Crippen LogP contribution in [0.5, 0.6) is 0 Å². The summed E-state index contributed by atoms with van der Waals surface area (Å²) in [5.74, 6) is 0.567. The predicted octanol–water partition coefficient (Wildman–Crippen LogP) is 4.96. The van der Waals surface area contributed by atoms with Gasteiger partial charge in [0.1, 0.15) is 0 Å². The quantitative estimate of drug-likeness (QED) is 0.587. The highest BCUT2D eigenvalue weighted by atomic mass is 35.6. The molecule has 0 amide bonds. The largest absolute Gasteiger partial charge is 0.190 e. The molecule has 0 radical (unpaired) electrons. The minimum Gasteiger partial charge on any atom is -0.0837 e. The van der Waals surface area contributed by atoms with E-state index < -0.39 is 3.79 Å². The molecule has 0 saturated heterocycles. The van der Waals surface area contributed by atoms with E-state index in [-0.39, 0.29) is 0 Å². The van der Waals surface area contributed by atoms with Crippen molar-refractivity contribution in [3.8, 4) is 0 Å². The molecule has 0 aromatic heterocycles. The number of alkyl halides is 3. The molecule has 0 aromatic carbocycles. The summed E-state index contributed by atoms with van der Waals surface area (Å²) in [6.07, 6.45) is 5.43. The monoisotopic (exact) mass is 230 g/mol. The van der Waals surface area contributed by atoms with E-state index in [1.165, 1.54) is 19.3 Å². The SMILES string of the molecule is CCCCC(CC)CC(Cl)(Cl)Cl. The Morgan fingerprint density at radius 1 is 1.17 bits per heavy atom. The molecule has 0 bridgehead atoms. The van der Waals surface area contributed by atoms with Gasteiger partial charge in [-0.05, 0) is 12.3 Å². The summed E-state index contributed by atoms with van der Waals surface area (Å²) >= 11 is 17.1. The molecule has 1 atom stereocenters. The second kappa shape index (κ2) is 6.34. The van der Waals surface area contributed by atoms with Crippen molar-refractivity contribution in [1.29, 1.82) is 0 Å². The van der Waals surface area contributed by atoms with Gasteiger partial charge in [-0.25, -0.2) is 0 Å². The second-order valence-electron chi connectivity index (χ2n) is 3.24. The predicted molar refractivity (Wildman–Crippen MR) is 58.2 cm³/mol. The molecule has 1 unspecified atom stereocenters. The average Bonchev–Trinajstić information content (AvgIpc) is 1.95. The molecule has 0 rings (SSSR count).